The molecule has 1 rings (SSSR count). The Bertz CT molecular complexity index is 296. The van der Waals surface area contributed by atoms with Gasteiger partial charge in [-0.3, -0.25) is 4.79 Å². The predicted octanol–water partition coefficient (Wildman–Crippen LogP) is 2.19. The fourth-order valence-corrected chi connectivity index (χ4v) is 1.70. The smallest absolute Gasteiger partial charge is 0.308 e. The molecule has 2 N–H and O–H groups in total. The van der Waals surface area contributed by atoms with E-state index in [1.54, 1.807) is 18.3 Å². The van der Waals surface area contributed by atoms with E-state index in [0.717, 1.165) is 5.69 Å². The summed E-state index contributed by atoms with van der Waals surface area (Å²) in [5.41, 5.74) is 2.21. The zero-order valence-electron chi connectivity index (χ0n) is 7.70. The van der Waals surface area contributed by atoms with E-state index in [9.17, 15) is 4.79 Å². The Labute approximate surface area is 81.4 Å². The normalized spacial score (nSPS) is 12.5. The van der Waals surface area contributed by atoms with Crippen LogP contribution in [0, 0.1) is 12.8 Å². The van der Waals surface area contributed by atoms with Gasteiger partial charge in [0.1, 0.15) is 0 Å². The molecule has 0 bridgehead atoms. The van der Waals surface area contributed by atoms with Crippen molar-refractivity contribution in [2.75, 3.05) is 11.9 Å². The van der Waals surface area contributed by atoms with Crippen LogP contribution in [0.15, 0.2) is 10.8 Å². The van der Waals surface area contributed by atoms with Gasteiger partial charge in [-0.2, -0.15) is 0 Å². The summed E-state index contributed by atoms with van der Waals surface area (Å²) >= 11 is 1.62. The first kappa shape index (κ1) is 10.1. The Kier molecular flexibility index (Phi) is 3.31. The van der Waals surface area contributed by atoms with E-state index in [-0.39, 0.29) is 5.92 Å². The van der Waals surface area contributed by atoms with Crippen LogP contribution in [0.3, 0.4) is 0 Å². The van der Waals surface area contributed by atoms with Crippen LogP contribution < -0.4 is 5.32 Å². The number of aryl methyl sites for hydroxylation is 1. The summed E-state index contributed by atoms with van der Waals surface area (Å²) in [6.07, 6.45) is 0. The second-order valence-corrected chi connectivity index (χ2v) is 3.83. The number of aliphatic carboxylic acids is 1. The summed E-state index contributed by atoms with van der Waals surface area (Å²) in [5, 5.41) is 15.8. The highest BCUT2D eigenvalue weighted by atomic mass is 32.1. The number of hydrogen-bond acceptors (Lipinski definition) is 3. The third-order valence-corrected chi connectivity index (χ3v) is 2.74. The quantitative estimate of drug-likeness (QED) is 0.781. The van der Waals surface area contributed by atoms with Gasteiger partial charge in [0.05, 0.1) is 5.92 Å². The van der Waals surface area contributed by atoms with Crippen molar-refractivity contribution >= 4 is 23.0 Å². The Hall–Kier alpha value is -1.03. The van der Waals surface area contributed by atoms with Gasteiger partial charge < -0.3 is 10.4 Å². The molecule has 0 aliphatic rings. The Balaban J connectivity index is 2.44. The van der Waals surface area contributed by atoms with Crippen molar-refractivity contribution in [3.63, 3.8) is 0 Å². The van der Waals surface area contributed by atoms with Gasteiger partial charge in [-0.15, -0.1) is 11.3 Å². The second kappa shape index (κ2) is 4.28. The third kappa shape index (κ3) is 2.73. The van der Waals surface area contributed by atoms with Crippen LogP contribution in [-0.4, -0.2) is 17.6 Å². The van der Waals surface area contributed by atoms with E-state index in [2.05, 4.69) is 5.32 Å². The molecule has 1 aromatic rings. The lowest BCUT2D eigenvalue weighted by molar-refractivity contribution is -0.140. The molecule has 0 fully saturated rings. The number of carboxylic acids is 1. The van der Waals surface area contributed by atoms with Crippen molar-refractivity contribution in [3.05, 3.63) is 16.3 Å². The first-order valence-electron chi connectivity index (χ1n) is 4.10. The maximum atomic E-state index is 10.5. The Morgan fingerprint density at radius 1 is 1.69 bits per heavy atom. The Morgan fingerprint density at radius 2 is 2.38 bits per heavy atom. The minimum absolute atomic E-state index is 0.348. The summed E-state index contributed by atoms with van der Waals surface area (Å²) in [6.45, 7) is 4.17. The highest BCUT2D eigenvalue weighted by Gasteiger charge is 2.10. The molecular weight excluding hydrogens is 186 g/mol. The summed E-state index contributed by atoms with van der Waals surface area (Å²) in [6, 6.07) is 0. The molecule has 1 heterocycles. The van der Waals surface area contributed by atoms with Crippen LogP contribution >= 0.6 is 11.3 Å². The number of carbonyl (C=O) groups is 1. The fraction of sp³-hybridized carbons (Fsp3) is 0.444. The largest absolute Gasteiger partial charge is 0.481 e. The molecule has 13 heavy (non-hydrogen) atoms. The molecule has 0 aliphatic carbocycles. The number of anilines is 1. The van der Waals surface area contributed by atoms with Gasteiger partial charge in [-0.05, 0) is 17.9 Å². The molecule has 3 nitrogen and oxygen atoms in total. The summed E-state index contributed by atoms with van der Waals surface area (Å²) in [5.74, 6) is -1.11. The molecule has 0 aliphatic heterocycles. The first-order valence-corrected chi connectivity index (χ1v) is 5.05. The SMILES string of the molecule is Cc1cscc1NCC(C)C(=O)O. The Morgan fingerprint density at radius 3 is 2.85 bits per heavy atom. The van der Waals surface area contributed by atoms with Crippen LogP contribution in [0.1, 0.15) is 12.5 Å². The van der Waals surface area contributed by atoms with Crippen LogP contribution in [0.5, 0.6) is 0 Å². The monoisotopic (exact) mass is 199 g/mol. The zero-order valence-corrected chi connectivity index (χ0v) is 8.52. The van der Waals surface area contributed by atoms with Gasteiger partial charge in [0.2, 0.25) is 0 Å². The number of hydrogen-bond donors (Lipinski definition) is 2. The summed E-state index contributed by atoms with van der Waals surface area (Å²) < 4.78 is 0. The van der Waals surface area contributed by atoms with Gasteiger partial charge in [0, 0.05) is 17.6 Å². The maximum Gasteiger partial charge on any atom is 0.308 e. The number of rotatable bonds is 4. The average molecular weight is 199 g/mol. The van der Waals surface area contributed by atoms with E-state index in [0.29, 0.717) is 6.54 Å². The molecule has 4 heteroatoms. The minimum atomic E-state index is -0.764. The van der Waals surface area contributed by atoms with Gasteiger partial charge in [-0.25, -0.2) is 0 Å². The van der Waals surface area contributed by atoms with E-state index < -0.39 is 5.97 Å². The molecule has 1 unspecified atom stereocenters. The minimum Gasteiger partial charge on any atom is -0.481 e. The highest BCUT2D eigenvalue weighted by molar-refractivity contribution is 7.08. The van der Waals surface area contributed by atoms with Crippen molar-refractivity contribution in [1.82, 2.24) is 0 Å². The van der Waals surface area contributed by atoms with Crippen molar-refractivity contribution in [2.24, 2.45) is 5.92 Å². The molecule has 0 spiro atoms. The molecule has 0 saturated carbocycles. The van der Waals surface area contributed by atoms with Crippen LogP contribution in [0.25, 0.3) is 0 Å². The standard InChI is InChI=1S/C9H13NO2S/c1-6(9(11)12)3-10-8-5-13-4-7(8)2/h4-6,10H,3H2,1-2H3,(H,11,12). The number of carboxylic acid groups (broad SMARTS) is 1. The number of thiophene rings is 1. The van der Waals surface area contributed by atoms with E-state index in [4.69, 9.17) is 5.11 Å². The molecule has 0 amide bonds. The van der Waals surface area contributed by atoms with E-state index in [1.165, 1.54) is 5.56 Å². The molecule has 0 saturated heterocycles. The number of nitrogens with one attached hydrogen (secondary N) is 1. The van der Waals surface area contributed by atoms with Crippen molar-refractivity contribution in [3.8, 4) is 0 Å². The van der Waals surface area contributed by atoms with Crippen molar-refractivity contribution < 1.29 is 9.90 Å². The van der Waals surface area contributed by atoms with Gasteiger partial charge in [0.15, 0.2) is 0 Å². The lowest BCUT2D eigenvalue weighted by Crippen LogP contribution is -2.19. The second-order valence-electron chi connectivity index (χ2n) is 3.09. The van der Waals surface area contributed by atoms with Crippen molar-refractivity contribution in [1.29, 1.82) is 0 Å². The third-order valence-electron chi connectivity index (χ3n) is 1.88. The molecular formula is C9H13NO2S. The van der Waals surface area contributed by atoms with E-state index in [1.807, 2.05) is 17.7 Å². The van der Waals surface area contributed by atoms with Gasteiger partial charge >= 0.3 is 5.97 Å². The zero-order chi connectivity index (χ0) is 9.84. The fourth-order valence-electron chi connectivity index (χ4n) is 0.892. The topological polar surface area (TPSA) is 49.3 Å². The molecule has 0 radical (unpaired) electrons. The maximum absolute atomic E-state index is 10.5. The average Bonchev–Trinajstić information content (AvgIpc) is 2.47. The van der Waals surface area contributed by atoms with Crippen molar-refractivity contribution in [2.45, 2.75) is 13.8 Å². The van der Waals surface area contributed by atoms with Crippen LogP contribution in [0.2, 0.25) is 0 Å². The summed E-state index contributed by atoms with van der Waals surface area (Å²) in [4.78, 5) is 10.5. The van der Waals surface area contributed by atoms with Crippen LogP contribution in [-0.2, 0) is 4.79 Å². The lowest BCUT2D eigenvalue weighted by Gasteiger charge is -2.08. The molecule has 0 aromatic carbocycles. The predicted molar refractivity (Wildman–Crippen MR) is 54.3 cm³/mol. The van der Waals surface area contributed by atoms with Gasteiger partial charge in [0.25, 0.3) is 0 Å². The first-order chi connectivity index (χ1) is 6.11. The van der Waals surface area contributed by atoms with Crippen LogP contribution in [0.4, 0.5) is 5.69 Å². The molecule has 1 aromatic heterocycles. The molecule has 1 atom stereocenters. The summed E-state index contributed by atoms with van der Waals surface area (Å²) in [7, 11) is 0. The van der Waals surface area contributed by atoms with Gasteiger partial charge in [-0.1, -0.05) is 6.92 Å². The van der Waals surface area contributed by atoms with E-state index >= 15 is 0 Å². The molecule has 72 valence electrons. The lowest BCUT2D eigenvalue weighted by atomic mass is 10.2. The highest BCUT2D eigenvalue weighted by Crippen LogP contribution is 2.19.